The lowest BCUT2D eigenvalue weighted by atomic mass is 10.0. The second kappa shape index (κ2) is 4.39. The molecule has 1 fully saturated rings. The van der Waals surface area contributed by atoms with Crippen molar-refractivity contribution in [1.82, 2.24) is 0 Å². The van der Waals surface area contributed by atoms with Crippen molar-refractivity contribution in [2.24, 2.45) is 0 Å². The van der Waals surface area contributed by atoms with Gasteiger partial charge in [0.2, 0.25) is 0 Å². The molecular weight excluding hydrogens is 224 g/mol. The smallest absolute Gasteiger partial charge is 0.194 e. The first-order chi connectivity index (χ1) is 8.75. The van der Waals surface area contributed by atoms with Crippen molar-refractivity contribution in [2.75, 3.05) is 0 Å². The zero-order valence-electron chi connectivity index (χ0n) is 10.2. The Bertz CT molecular complexity index is 557. The average molecular weight is 238 g/mol. The predicted molar refractivity (Wildman–Crippen MR) is 69.6 cm³/mol. The van der Waals surface area contributed by atoms with E-state index in [0.717, 1.165) is 11.1 Å². The number of rotatable bonds is 3. The van der Waals surface area contributed by atoms with Crippen LogP contribution in [0.1, 0.15) is 27.6 Å². The molecule has 1 aliphatic rings. The van der Waals surface area contributed by atoms with E-state index in [1.165, 1.54) is 5.56 Å². The molecule has 2 atom stereocenters. The highest BCUT2D eigenvalue weighted by Crippen LogP contribution is 2.40. The molecule has 1 aliphatic heterocycles. The Kier molecular flexibility index (Phi) is 2.73. The lowest BCUT2D eigenvalue weighted by molar-refractivity contribution is 0.0953. The largest absolute Gasteiger partial charge is 0.356 e. The third kappa shape index (κ3) is 2.07. The molecule has 0 unspecified atom stereocenters. The van der Waals surface area contributed by atoms with Crippen LogP contribution in [0.5, 0.6) is 0 Å². The SMILES string of the molecule is Cc1ccc([C@H]2O[C@@H]2C(=O)c2ccccc2)cc1. The van der Waals surface area contributed by atoms with E-state index in [1.807, 2.05) is 61.5 Å². The summed E-state index contributed by atoms with van der Waals surface area (Å²) in [5.74, 6) is 0.0705. The molecule has 2 aromatic rings. The van der Waals surface area contributed by atoms with Gasteiger partial charge in [-0.2, -0.15) is 0 Å². The number of ketones is 1. The van der Waals surface area contributed by atoms with Gasteiger partial charge in [-0.05, 0) is 12.5 Å². The Morgan fingerprint density at radius 3 is 2.33 bits per heavy atom. The number of Topliss-reactive ketones (excluding diaryl/α,β-unsaturated/α-hetero) is 1. The average Bonchev–Trinajstić information content (AvgIpc) is 3.20. The van der Waals surface area contributed by atoms with Crippen molar-refractivity contribution in [3.63, 3.8) is 0 Å². The van der Waals surface area contributed by atoms with E-state index in [1.54, 1.807) is 0 Å². The third-order valence-corrected chi connectivity index (χ3v) is 3.21. The van der Waals surface area contributed by atoms with Crippen LogP contribution in [0.3, 0.4) is 0 Å². The van der Waals surface area contributed by atoms with Gasteiger partial charge in [0.05, 0.1) is 0 Å². The van der Waals surface area contributed by atoms with E-state index in [9.17, 15) is 4.79 Å². The number of aryl methyl sites for hydroxylation is 1. The molecule has 0 bridgehead atoms. The highest BCUT2D eigenvalue weighted by molar-refractivity contribution is 6.01. The van der Waals surface area contributed by atoms with E-state index in [-0.39, 0.29) is 18.0 Å². The summed E-state index contributed by atoms with van der Waals surface area (Å²) in [6.07, 6.45) is -0.381. The fourth-order valence-electron chi connectivity index (χ4n) is 2.09. The van der Waals surface area contributed by atoms with Gasteiger partial charge in [0.15, 0.2) is 11.9 Å². The molecule has 18 heavy (non-hydrogen) atoms. The maximum atomic E-state index is 12.1. The lowest BCUT2D eigenvalue weighted by Crippen LogP contribution is -2.07. The number of benzene rings is 2. The van der Waals surface area contributed by atoms with Crippen molar-refractivity contribution in [3.8, 4) is 0 Å². The van der Waals surface area contributed by atoms with Crippen LogP contribution >= 0.6 is 0 Å². The molecule has 0 saturated carbocycles. The van der Waals surface area contributed by atoms with Crippen molar-refractivity contribution >= 4 is 5.78 Å². The van der Waals surface area contributed by atoms with Gasteiger partial charge in [-0.3, -0.25) is 4.79 Å². The lowest BCUT2D eigenvalue weighted by Gasteiger charge is -1.98. The first kappa shape index (κ1) is 11.2. The van der Waals surface area contributed by atoms with Crippen LogP contribution in [-0.2, 0) is 4.74 Å². The topological polar surface area (TPSA) is 29.6 Å². The summed E-state index contributed by atoms with van der Waals surface area (Å²) in [6, 6.07) is 17.4. The number of hydrogen-bond donors (Lipinski definition) is 0. The molecule has 1 heterocycles. The highest BCUT2D eigenvalue weighted by Gasteiger charge is 2.45. The van der Waals surface area contributed by atoms with Gasteiger partial charge in [0.25, 0.3) is 0 Å². The fraction of sp³-hybridized carbons (Fsp3) is 0.188. The van der Waals surface area contributed by atoms with Crippen LogP contribution in [0.15, 0.2) is 54.6 Å². The van der Waals surface area contributed by atoms with Crippen molar-refractivity contribution in [3.05, 3.63) is 71.3 Å². The summed E-state index contributed by atoms with van der Waals surface area (Å²) in [5.41, 5.74) is 3.01. The van der Waals surface area contributed by atoms with Gasteiger partial charge in [-0.1, -0.05) is 60.2 Å². The van der Waals surface area contributed by atoms with Crippen molar-refractivity contribution in [1.29, 1.82) is 0 Å². The van der Waals surface area contributed by atoms with E-state index in [0.29, 0.717) is 0 Å². The van der Waals surface area contributed by atoms with Gasteiger partial charge in [0.1, 0.15) is 6.10 Å². The minimum Gasteiger partial charge on any atom is -0.356 e. The van der Waals surface area contributed by atoms with E-state index in [4.69, 9.17) is 4.74 Å². The first-order valence-electron chi connectivity index (χ1n) is 6.07. The Morgan fingerprint density at radius 2 is 1.67 bits per heavy atom. The molecule has 90 valence electrons. The second-order valence-electron chi connectivity index (χ2n) is 4.62. The van der Waals surface area contributed by atoms with Crippen LogP contribution < -0.4 is 0 Å². The molecule has 2 aromatic carbocycles. The maximum Gasteiger partial charge on any atom is 0.194 e. The van der Waals surface area contributed by atoms with Gasteiger partial charge in [-0.25, -0.2) is 0 Å². The van der Waals surface area contributed by atoms with Crippen LogP contribution in [0, 0.1) is 6.92 Å². The molecule has 3 rings (SSSR count). The van der Waals surface area contributed by atoms with Crippen molar-refractivity contribution in [2.45, 2.75) is 19.1 Å². The summed E-state index contributed by atoms with van der Waals surface area (Å²) < 4.78 is 5.51. The summed E-state index contributed by atoms with van der Waals surface area (Å²) in [4.78, 5) is 12.1. The quantitative estimate of drug-likeness (QED) is 0.606. The zero-order chi connectivity index (χ0) is 12.5. The Labute approximate surface area is 106 Å². The van der Waals surface area contributed by atoms with E-state index < -0.39 is 0 Å². The molecule has 0 N–H and O–H groups in total. The Balaban J connectivity index is 1.75. The van der Waals surface area contributed by atoms with Gasteiger partial charge < -0.3 is 4.74 Å². The van der Waals surface area contributed by atoms with Gasteiger partial charge in [0, 0.05) is 5.56 Å². The van der Waals surface area contributed by atoms with Crippen LogP contribution in [-0.4, -0.2) is 11.9 Å². The summed E-state index contributed by atoms with van der Waals surface area (Å²) in [6.45, 7) is 2.05. The maximum absolute atomic E-state index is 12.1. The van der Waals surface area contributed by atoms with E-state index in [2.05, 4.69) is 0 Å². The zero-order valence-corrected chi connectivity index (χ0v) is 10.2. The summed E-state index contributed by atoms with van der Waals surface area (Å²) >= 11 is 0. The monoisotopic (exact) mass is 238 g/mol. The molecule has 0 amide bonds. The minimum absolute atomic E-state index is 0.0705. The van der Waals surface area contributed by atoms with E-state index >= 15 is 0 Å². The summed E-state index contributed by atoms with van der Waals surface area (Å²) in [7, 11) is 0. The number of hydrogen-bond acceptors (Lipinski definition) is 2. The number of ether oxygens (including phenoxy) is 1. The van der Waals surface area contributed by atoms with Crippen LogP contribution in [0.25, 0.3) is 0 Å². The van der Waals surface area contributed by atoms with Crippen molar-refractivity contribution < 1.29 is 9.53 Å². The third-order valence-electron chi connectivity index (χ3n) is 3.21. The van der Waals surface area contributed by atoms with Gasteiger partial charge in [-0.15, -0.1) is 0 Å². The minimum atomic E-state index is -0.310. The number of carbonyl (C=O) groups is 1. The molecule has 0 radical (unpaired) electrons. The summed E-state index contributed by atoms with van der Waals surface area (Å²) in [5, 5.41) is 0. The standard InChI is InChI=1S/C16H14O2/c1-11-7-9-13(10-8-11)15-16(18-15)14(17)12-5-3-2-4-6-12/h2-10,15-16H,1H3/t15-,16-/m1/s1. The Hall–Kier alpha value is -1.93. The van der Waals surface area contributed by atoms with Crippen LogP contribution in [0.4, 0.5) is 0 Å². The molecular formula is C16H14O2. The molecule has 0 spiro atoms. The molecule has 2 nitrogen and oxygen atoms in total. The fourth-order valence-corrected chi connectivity index (χ4v) is 2.09. The molecule has 0 aliphatic carbocycles. The second-order valence-corrected chi connectivity index (χ2v) is 4.62. The normalized spacial score (nSPS) is 21.6. The Morgan fingerprint density at radius 1 is 1.00 bits per heavy atom. The highest BCUT2D eigenvalue weighted by atomic mass is 16.6. The molecule has 1 saturated heterocycles. The number of epoxide rings is 1. The molecule has 2 heteroatoms. The molecule has 0 aromatic heterocycles. The predicted octanol–water partition coefficient (Wildman–Crippen LogP) is 3.32. The van der Waals surface area contributed by atoms with Gasteiger partial charge >= 0.3 is 0 Å². The van der Waals surface area contributed by atoms with Crippen LogP contribution in [0.2, 0.25) is 0 Å². The first-order valence-corrected chi connectivity index (χ1v) is 6.07. The number of carbonyl (C=O) groups excluding carboxylic acids is 1.